The van der Waals surface area contributed by atoms with Gasteiger partial charge in [-0.3, -0.25) is 4.79 Å². The molecule has 0 atom stereocenters. The lowest BCUT2D eigenvalue weighted by Crippen LogP contribution is -2.30. The summed E-state index contributed by atoms with van der Waals surface area (Å²) >= 11 is 11.8. The molecule has 134 valence electrons. The van der Waals surface area contributed by atoms with Gasteiger partial charge in [-0.2, -0.15) is 4.31 Å². The Hall–Kier alpha value is -1.60. The fourth-order valence-corrected chi connectivity index (χ4v) is 4.02. The zero-order valence-electron chi connectivity index (χ0n) is 13.8. The largest absolute Gasteiger partial charge is 0.322 e. The van der Waals surface area contributed by atoms with E-state index in [0.717, 1.165) is 0 Å². The fraction of sp³-hybridized carbons (Fsp3) is 0.235. The summed E-state index contributed by atoms with van der Waals surface area (Å²) in [6.07, 6.45) is 0. The van der Waals surface area contributed by atoms with Crippen LogP contribution in [0, 0.1) is 0 Å². The quantitative estimate of drug-likeness (QED) is 0.786. The maximum Gasteiger partial charge on any atom is 0.255 e. The number of hydrogen-bond donors (Lipinski definition) is 1. The van der Waals surface area contributed by atoms with Crippen LogP contribution in [0.2, 0.25) is 10.0 Å². The molecule has 5 nitrogen and oxygen atoms in total. The molecule has 1 N–H and O–H groups in total. The van der Waals surface area contributed by atoms with Crippen LogP contribution in [0.1, 0.15) is 24.2 Å². The number of amides is 1. The molecule has 0 heterocycles. The molecule has 2 aromatic rings. The first-order chi connectivity index (χ1) is 11.8. The summed E-state index contributed by atoms with van der Waals surface area (Å²) in [7, 11) is -3.54. The van der Waals surface area contributed by atoms with Gasteiger partial charge in [0.2, 0.25) is 10.0 Å². The number of rotatable bonds is 6. The Bertz CT molecular complexity index is 864. The van der Waals surface area contributed by atoms with Crippen molar-refractivity contribution in [3.05, 3.63) is 58.1 Å². The third-order valence-electron chi connectivity index (χ3n) is 3.64. The number of carbonyl (C=O) groups excluding carboxylic acids is 1. The molecule has 0 unspecified atom stereocenters. The highest BCUT2D eigenvalue weighted by Gasteiger charge is 2.21. The Balaban J connectivity index is 2.19. The summed E-state index contributed by atoms with van der Waals surface area (Å²) in [5.41, 5.74) is 0.837. The van der Waals surface area contributed by atoms with Gasteiger partial charge in [0.15, 0.2) is 0 Å². The lowest BCUT2D eigenvalue weighted by molar-refractivity contribution is 0.102. The van der Waals surface area contributed by atoms with Crippen molar-refractivity contribution < 1.29 is 13.2 Å². The molecule has 0 aliphatic rings. The molecule has 1 amide bonds. The summed E-state index contributed by atoms with van der Waals surface area (Å²) in [6.45, 7) is 4.33. The van der Waals surface area contributed by atoms with E-state index < -0.39 is 10.0 Å². The zero-order valence-corrected chi connectivity index (χ0v) is 16.1. The van der Waals surface area contributed by atoms with E-state index >= 15 is 0 Å². The summed E-state index contributed by atoms with van der Waals surface area (Å²) in [6, 6.07) is 10.6. The van der Waals surface area contributed by atoms with E-state index in [1.54, 1.807) is 32.0 Å². The van der Waals surface area contributed by atoms with Crippen LogP contribution in [-0.2, 0) is 10.0 Å². The number of sulfonamides is 1. The second kappa shape index (κ2) is 8.19. The van der Waals surface area contributed by atoms with Crippen LogP contribution >= 0.6 is 23.2 Å². The maximum absolute atomic E-state index is 12.4. The molecule has 2 rings (SSSR count). The standard InChI is InChI=1S/C17H18Cl2N2O3S/c1-3-21(4-2)25(23,24)14-8-5-12(6-9-14)17(22)20-13-7-10-15(18)16(19)11-13/h5-11H,3-4H2,1-2H3,(H,20,22). The van der Waals surface area contributed by atoms with E-state index in [1.165, 1.54) is 28.6 Å². The summed E-state index contributed by atoms with van der Waals surface area (Å²) < 4.78 is 26.2. The van der Waals surface area contributed by atoms with E-state index in [9.17, 15) is 13.2 Å². The van der Waals surface area contributed by atoms with Crippen LogP contribution < -0.4 is 5.32 Å². The van der Waals surface area contributed by atoms with Crippen molar-refractivity contribution in [1.82, 2.24) is 4.31 Å². The van der Waals surface area contributed by atoms with E-state index in [4.69, 9.17) is 23.2 Å². The molecule has 0 radical (unpaired) electrons. The number of benzene rings is 2. The van der Waals surface area contributed by atoms with Gasteiger partial charge in [-0.25, -0.2) is 8.42 Å². The number of carbonyl (C=O) groups is 1. The first kappa shape index (κ1) is 19.7. The average molecular weight is 401 g/mol. The number of hydrogen-bond acceptors (Lipinski definition) is 3. The van der Waals surface area contributed by atoms with Crippen molar-refractivity contribution in [3.8, 4) is 0 Å². The summed E-state index contributed by atoms with van der Waals surface area (Å²) in [4.78, 5) is 12.4. The average Bonchev–Trinajstić information content (AvgIpc) is 2.59. The van der Waals surface area contributed by atoms with Crippen molar-refractivity contribution in [2.24, 2.45) is 0 Å². The minimum absolute atomic E-state index is 0.155. The molecule has 0 fully saturated rings. The van der Waals surface area contributed by atoms with Crippen LogP contribution in [0.4, 0.5) is 5.69 Å². The second-order valence-corrected chi connectivity index (χ2v) is 7.95. The van der Waals surface area contributed by atoms with Crippen molar-refractivity contribution in [1.29, 1.82) is 0 Å². The molecule has 0 aliphatic heterocycles. The molecule has 0 aromatic heterocycles. The predicted octanol–water partition coefficient (Wildman–Crippen LogP) is 4.28. The molecule has 0 bridgehead atoms. The van der Waals surface area contributed by atoms with Crippen LogP contribution in [0.25, 0.3) is 0 Å². The highest BCUT2D eigenvalue weighted by molar-refractivity contribution is 7.89. The maximum atomic E-state index is 12.4. The predicted molar refractivity (Wildman–Crippen MR) is 101 cm³/mol. The molecule has 0 saturated heterocycles. The fourth-order valence-electron chi connectivity index (χ4n) is 2.27. The Morgan fingerprint density at radius 1 is 1.00 bits per heavy atom. The normalized spacial score (nSPS) is 11.6. The molecule has 0 aliphatic carbocycles. The molecule has 0 spiro atoms. The smallest absolute Gasteiger partial charge is 0.255 e. The first-order valence-electron chi connectivity index (χ1n) is 7.66. The first-order valence-corrected chi connectivity index (χ1v) is 9.85. The van der Waals surface area contributed by atoms with Crippen molar-refractivity contribution >= 4 is 44.8 Å². The van der Waals surface area contributed by atoms with Crippen LogP contribution in [0.15, 0.2) is 47.4 Å². The van der Waals surface area contributed by atoms with Gasteiger partial charge in [0, 0.05) is 24.3 Å². The van der Waals surface area contributed by atoms with Gasteiger partial charge in [-0.05, 0) is 42.5 Å². The van der Waals surface area contributed by atoms with Gasteiger partial charge < -0.3 is 5.32 Å². The zero-order chi connectivity index (χ0) is 18.6. The highest BCUT2D eigenvalue weighted by Crippen LogP contribution is 2.25. The Morgan fingerprint density at radius 3 is 2.12 bits per heavy atom. The molecular weight excluding hydrogens is 383 g/mol. The Morgan fingerprint density at radius 2 is 1.60 bits per heavy atom. The van der Waals surface area contributed by atoms with Crippen LogP contribution in [-0.4, -0.2) is 31.7 Å². The molecule has 0 saturated carbocycles. The molecule has 2 aromatic carbocycles. The van der Waals surface area contributed by atoms with E-state index in [-0.39, 0.29) is 10.8 Å². The number of nitrogens with one attached hydrogen (secondary N) is 1. The van der Waals surface area contributed by atoms with Gasteiger partial charge in [0.25, 0.3) is 5.91 Å². The van der Waals surface area contributed by atoms with Gasteiger partial charge >= 0.3 is 0 Å². The lowest BCUT2D eigenvalue weighted by Gasteiger charge is -2.18. The Kier molecular flexibility index (Phi) is 6.46. The summed E-state index contributed by atoms with van der Waals surface area (Å²) in [5.74, 6) is -0.370. The van der Waals surface area contributed by atoms with Crippen LogP contribution in [0.3, 0.4) is 0 Å². The molecule has 25 heavy (non-hydrogen) atoms. The third kappa shape index (κ3) is 4.52. The van der Waals surface area contributed by atoms with Crippen molar-refractivity contribution in [3.63, 3.8) is 0 Å². The lowest BCUT2D eigenvalue weighted by atomic mass is 10.2. The topological polar surface area (TPSA) is 66.5 Å². The van der Waals surface area contributed by atoms with Gasteiger partial charge in [-0.1, -0.05) is 37.0 Å². The van der Waals surface area contributed by atoms with Gasteiger partial charge in [0.05, 0.1) is 14.9 Å². The monoisotopic (exact) mass is 400 g/mol. The second-order valence-electron chi connectivity index (χ2n) is 5.20. The van der Waals surface area contributed by atoms with Gasteiger partial charge in [-0.15, -0.1) is 0 Å². The van der Waals surface area contributed by atoms with E-state index in [2.05, 4.69) is 5.32 Å². The minimum atomic E-state index is -3.54. The van der Waals surface area contributed by atoms with E-state index in [1.807, 2.05) is 0 Å². The number of anilines is 1. The summed E-state index contributed by atoms with van der Waals surface area (Å²) in [5, 5.41) is 3.42. The number of nitrogens with zero attached hydrogens (tertiary/aromatic N) is 1. The minimum Gasteiger partial charge on any atom is -0.322 e. The molecule has 8 heteroatoms. The van der Waals surface area contributed by atoms with Gasteiger partial charge in [0.1, 0.15) is 0 Å². The van der Waals surface area contributed by atoms with Crippen LogP contribution in [0.5, 0.6) is 0 Å². The Labute approximate surface area is 157 Å². The number of halogens is 2. The van der Waals surface area contributed by atoms with Crippen molar-refractivity contribution in [2.75, 3.05) is 18.4 Å². The SMILES string of the molecule is CCN(CC)S(=O)(=O)c1ccc(C(=O)Nc2ccc(Cl)c(Cl)c2)cc1. The molecular formula is C17H18Cl2N2O3S. The van der Waals surface area contributed by atoms with E-state index in [0.29, 0.717) is 34.4 Å². The highest BCUT2D eigenvalue weighted by atomic mass is 35.5. The third-order valence-corrected chi connectivity index (χ3v) is 6.44. The van der Waals surface area contributed by atoms with Crippen molar-refractivity contribution in [2.45, 2.75) is 18.7 Å².